The average Bonchev–Trinajstić information content (AvgIpc) is 1.98. The lowest BCUT2D eigenvalue weighted by Gasteiger charge is -2.06. The van der Waals surface area contributed by atoms with Crippen molar-refractivity contribution < 1.29 is 13.9 Å². The van der Waals surface area contributed by atoms with Crippen LogP contribution in [0.15, 0.2) is 12.1 Å². The number of aliphatic hydroxyl groups is 1. The Balaban J connectivity index is 2.99. The van der Waals surface area contributed by atoms with E-state index in [1.165, 1.54) is 19.1 Å². The molecule has 0 radical (unpaired) electrons. The lowest BCUT2D eigenvalue weighted by molar-refractivity contribution is 0.195. The first-order chi connectivity index (χ1) is 6.00. The maximum absolute atomic E-state index is 13.0. The molecular formula is C10H12F2O. The van der Waals surface area contributed by atoms with Crippen molar-refractivity contribution in [3.63, 3.8) is 0 Å². The van der Waals surface area contributed by atoms with Gasteiger partial charge in [0.1, 0.15) is 11.6 Å². The Bertz CT molecular complexity index is 285. The molecule has 0 aliphatic rings. The van der Waals surface area contributed by atoms with Crippen molar-refractivity contribution in [1.82, 2.24) is 0 Å². The van der Waals surface area contributed by atoms with E-state index >= 15 is 0 Å². The van der Waals surface area contributed by atoms with Crippen molar-refractivity contribution in [1.29, 1.82) is 0 Å². The Morgan fingerprint density at radius 1 is 1.31 bits per heavy atom. The summed E-state index contributed by atoms with van der Waals surface area (Å²) in [6.45, 7) is 2.96. The Morgan fingerprint density at radius 2 is 1.77 bits per heavy atom. The minimum Gasteiger partial charge on any atom is -0.393 e. The second-order valence-corrected chi connectivity index (χ2v) is 3.24. The summed E-state index contributed by atoms with van der Waals surface area (Å²) in [5, 5.41) is 9.01. The van der Waals surface area contributed by atoms with Gasteiger partial charge in [0, 0.05) is 5.56 Å². The highest BCUT2D eigenvalue weighted by atomic mass is 19.1. The second kappa shape index (κ2) is 3.83. The third-order valence-corrected chi connectivity index (χ3v) is 1.87. The van der Waals surface area contributed by atoms with Crippen LogP contribution in [0.4, 0.5) is 8.78 Å². The molecule has 0 saturated heterocycles. The zero-order valence-corrected chi connectivity index (χ0v) is 7.64. The van der Waals surface area contributed by atoms with Gasteiger partial charge >= 0.3 is 0 Å². The maximum atomic E-state index is 13.0. The van der Waals surface area contributed by atoms with Crippen LogP contribution in [0.25, 0.3) is 0 Å². The van der Waals surface area contributed by atoms with Crippen molar-refractivity contribution in [3.05, 3.63) is 34.9 Å². The van der Waals surface area contributed by atoms with E-state index in [1.54, 1.807) is 6.92 Å². The van der Waals surface area contributed by atoms with E-state index in [2.05, 4.69) is 0 Å². The van der Waals surface area contributed by atoms with Crippen LogP contribution in [0.2, 0.25) is 0 Å². The van der Waals surface area contributed by atoms with Gasteiger partial charge in [0.25, 0.3) is 0 Å². The molecule has 1 unspecified atom stereocenters. The van der Waals surface area contributed by atoms with Crippen LogP contribution < -0.4 is 0 Å². The lowest BCUT2D eigenvalue weighted by atomic mass is 10.1. The smallest absolute Gasteiger partial charge is 0.129 e. The SMILES string of the molecule is Cc1c(F)cc(CC(C)O)cc1F. The first kappa shape index (κ1) is 10.1. The topological polar surface area (TPSA) is 20.2 Å². The van der Waals surface area contributed by atoms with E-state index < -0.39 is 17.7 Å². The van der Waals surface area contributed by atoms with Gasteiger partial charge in [-0.15, -0.1) is 0 Å². The molecular weight excluding hydrogens is 174 g/mol. The van der Waals surface area contributed by atoms with Gasteiger partial charge in [0.2, 0.25) is 0 Å². The zero-order valence-electron chi connectivity index (χ0n) is 7.64. The molecule has 72 valence electrons. The Morgan fingerprint density at radius 3 is 2.15 bits per heavy atom. The molecule has 0 heterocycles. The van der Waals surface area contributed by atoms with Crippen LogP contribution in [0, 0.1) is 18.6 Å². The van der Waals surface area contributed by atoms with Crippen LogP contribution in [-0.4, -0.2) is 11.2 Å². The molecule has 0 spiro atoms. The molecule has 0 fully saturated rings. The van der Waals surface area contributed by atoms with Crippen molar-refractivity contribution in [3.8, 4) is 0 Å². The standard InChI is InChI=1S/C10H12F2O/c1-6(13)3-8-4-9(11)7(2)10(12)5-8/h4-6,13H,3H2,1-2H3. The molecule has 0 aliphatic heterocycles. The predicted octanol–water partition coefficient (Wildman–Crippen LogP) is 2.20. The van der Waals surface area contributed by atoms with E-state index in [0.717, 1.165) is 0 Å². The molecule has 0 aromatic heterocycles. The van der Waals surface area contributed by atoms with Crippen molar-refractivity contribution in [2.45, 2.75) is 26.4 Å². The number of hydrogen-bond acceptors (Lipinski definition) is 1. The molecule has 3 heteroatoms. The van der Waals surface area contributed by atoms with Crippen molar-refractivity contribution >= 4 is 0 Å². The number of aliphatic hydroxyl groups excluding tert-OH is 1. The number of rotatable bonds is 2. The minimum absolute atomic E-state index is 0.0225. The Labute approximate surface area is 76.0 Å². The summed E-state index contributed by atoms with van der Waals surface area (Å²) < 4.78 is 25.9. The summed E-state index contributed by atoms with van der Waals surface area (Å²) in [7, 11) is 0. The molecule has 0 saturated carbocycles. The summed E-state index contributed by atoms with van der Waals surface area (Å²) in [6, 6.07) is 2.51. The third kappa shape index (κ3) is 2.49. The van der Waals surface area contributed by atoms with Gasteiger partial charge in [0.05, 0.1) is 6.10 Å². The summed E-state index contributed by atoms with van der Waals surface area (Å²) in [5.74, 6) is -1.12. The number of halogens is 2. The van der Waals surface area contributed by atoms with E-state index in [4.69, 9.17) is 5.11 Å². The molecule has 13 heavy (non-hydrogen) atoms. The average molecular weight is 186 g/mol. The molecule has 0 aliphatic carbocycles. The monoisotopic (exact) mass is 186 g/mol. The first-order valence-electron chi connectivity index (χ1n) is 4.13. The molecule has 1 aromatic rings. The van der Waals surface area contributed by atoms with Gasteiger partial charge in [-0.05, 0) is 38.0 Å². The number of hydrogen-bond donors (Lipinski definition) is 1. The fourth-order valence-electron chi connectivity index (χ4n) is 1.16. The van der Waals surface area contributed by atoms with Crippen LogP contribution >= 0.6 is 0 Å². The summed E-state index contributed by atoms with van der Waals surface area (Å²) in [6.07, 6.45) is -0.310. The van der Waals surface area contributed by atoms with Gasteiger partial charge in [-0.1, -0.05) is 0 Å². The van der Waals surface area contributed by atoms with Gasteiger partial charge in [-0.2, -0.15) is 0 Å². The molecule has 1 N–H and O–H groups in total. The highest BCUT2D eigenvalue weighted by Gasteiger charge is 2.07. The van der Waals surface area contributed by atoms with E-state index in [0.29, 0.717) is 5.56 Å². The third-order valence-electron chi connectivity index (χ3n) is 1.87. The van der Waals surface area contributed by atoms with Crippen LogP contribution in [0.1, 0.15) is 18.1 Å². The van der Waals surface area contributed by atoms with Gasteiger partial charge in [-0.25, -0.2) is 8.78 Å². The normalized spacial score (nSPS) is 13.0. The maximum Gasteiger partial charge on any atom is 0.129 e. The van der Waals surface area contributed by atoms with Gasteiger partial charge in [0.15, 0.2) is 0 Å². The second-order valence-electron chi connectivity index (χ2n) is 3.24. The predicted molar refractivity (Wildman–Crippen MR) is 46.5 cm³/mol. The largest absolute Gasteiger partial charge is 0.393 e. The first-order valence-corrected chi connectivity index (χ1v) is 4.13. The van der Waals surface area contributed by atoms with Crippen LogP contribution in [0.5, 0.6) is 0 Å². The fourth-order valence-corrected chi connectivity index (χ4v) is 1.16. The van der Waals surface area contributed by atoms with Crippen molar-refractivity contribution in [2.24, 2.45) is 0 Å². The van der Waals surface area contributed by atoms with E-state index in [1.807, 2.05) is 0 Å². The highest BCUT2D eigenvalue weighted by Crippen LogP contribution is 2.15. The van der Waals surface area contributed by atoms with Gasteiger partial charge < -0.3 is 5.11 Å². The Hall–Kier alpha value is -0.960. The summed E-state index contributed by atoms with van der Waals surface area (Å²) in [5.41, 5.74) is 0.505. The molecule has 0 bridgehead atoms. The van der Waals surface area contributed by atoms with E-state index in [-0.39, 0.29) is 12.0 Å². The van der Waals surface area contributed by atoms with Gasteiger partial charge in [-0.3, -0.25) is 0 Å². The fraction of sp³-hybridized carbons (Fsp3) is 0.400. The number of benzene rings is 1. The van der Waals surface area contributed by atoms with Crippen LogP contribution in [-0.2, 0) is 6.42 Å². The minimum atomic E-state index is -0.582. The highest BCUT2D eigenvalue weighted by molar-refractivity contribution is 5.25. The quantitative estimate of drug-likeness (QED) is 0.750. The Kier molecular flexibility index (Phi) is 2.98. The van der Waals surface area contributed by atoms with E-state index in [9.17, 15) is 8.78 Å². The zero-order chi connectivity index (χ0) is 10.0. The molecule has 1 aromatic carbocycles. The molecule has 0 amide bonds. The lowest BCUT2D eigenvalue weighted by Crippen LogP contribution is -2.05. The summed E-state index contributed by atoms with van der Waals surface area (Å²) >= 11 is 0. The molecule has 1 nitrogen and oxygen atoms in total. The van der Waals surface area contributed by atoms with Crippen LogP contribution in [0.3, 0.4) is 0 Å². The van der Waals surface area contributed by atoms with Crippen molar-refractivity contribution in [2.75, 3.05) is 0 Å². The molecule has 1 atom stereocenters. The molecule has 1 rings (SSSR count). The summed E-state index contributed by atoms with van der Waals surface area (Å²) in [4.78, 5) is 0.